The second kappa shape index (κ2) is 10.4. The van der Waals surface area contributed by atoms with Gasteiger partial charge >= 0.3 is 0 Å². The van der Waals surface area contributed by atoms with Crippen LogP contribution < -0.4 is 0 Å². The zero-order valence-corrected chi connectivity index (χ0v) is 22.0. The first-order valence-electron chi connectivity index (χ1n) is 13.0. The summed E-state index contributed by atoms with van der Waals surface area (Å²) in [4.78, 5) is 47.2. The molecule has 3 rings (SSSR count). The Morgan fingerprint density at radius 3 is 2.34 bits per heavy atom. The van der Waals surface area contributed by atoms with Crippen molar-refractivity contribution in [3.63, 3.8) is 0 Å². The first-order valence-corrected chi connectivity index (χ1v) is 13.0. The minimum absolute atomic E-state index is 0.106. The van der Waals surface area contributed by atoms with Crippen LogP contribution in [-0.2, 0) is 19.1 Å². The fourth-order valence-electron chi connectivity index (χ4n) is 6.64. The van der Waals surface area contributed by atoms with Crippen LogP contribution in [0.15, 0.2) is 25.3 Å². The molecule has 3 fully saturated rings. The van der Waals surface area contributed by atoms with E-state index in [0.29, 0.717) is 38.9 Å². The average molecular weight is 490 g/mol. The predicted molar refractivity (Wildman–Crippen MR) is 134 cm³/mol. The lowest BCUT2D eigenvalue weighted by Crippen LogP contribution is -2.59. The molecule has 2 bridgehead atoms. The summed E-state index contributed by atoms with van der Waals surface area (Å²) in [5.74, 6) is -2.01. The molecule has 3 aliphatic rings. The molecule has 1 N–H and O–H groups in total. The maximum absolute atomic E-state index is 14.1. The molecule has 8 nitrogen and oxygen atoms in total. The van der Waals surface area contributed by atoms with Gasteiger partial charge in [0, 0.05) is 25.7 Å². The average Bonchev–Trinajstić information content (AvgIpc) is 3.44. The lowest BCUT2D eigenvalue weighted by Gasteiger charge is -2.39. The Morgan fingerprint density at radius 1 is 1.17 bits per heavy atom. The van der Waals surface area contributed by atoms with Crippen LogP contribution in [0.5, 0.6) is 0 Å². The van der Waals surface area contributed by atoms with Gasteiger partial charge in [-0.3, -0.25) is 14.4 Å². The molecule has 2 unspecified atom stereocenters. The molecule has 0 radical (unpaired) electrons. The maximum atomic E-state index is 14.1. The van der Waals surface area contributed by atoms with Crippen molar-refractivity contribution in [3.05, 3.63) is 25.3 Å². The summed E-state index contributed by atoms with van der Waals surface area (Å²) < 4.78 is 6.81. The van der Waals surface area contributed by atoms with Gasteiger partial charge in [0.05, 0.1) is 30.1 Å². The summed E-state index contributed by atoms with van der Waals surface area (Å²) in [6.45, 7) is 18.2. The molecule has 0 aliphatic carbocycles. The lowest BCUT2D eigenvalue weighted by molar-refractivity contribution is -0.158. The Morgan fingerprint density at radius 2 is 1.83 bits per heavy atom. The number of aliphatic hydroxyl groups is 1. The number of hydrogen-bond donors (Lipinski definition) is 1. The lowest BCUT2D eigenvalue weighted by atomic mass is 9.64. The molecule has 8 heteroatoms. The Labute approximate surface area is 210 Å². The highest BCUT2D eigenvalue weighted by atomic mass is 16.5. The van der Waals surface area contributed by atoms with E-state index in [9.17, 15) is 19.5 Å². The number of ether oxygens (including phenoxy) is 1. The van der Waals surface area contributed by atoms with Gasteiger partial charge in [-0.1, -0.05) is 26.0 Å². The molecule has 3 heterocycles. The topological polar surface area (TPSA) is 90.4 Å². The fraction of sp³-hybridized carbons (Fsp3) is 0.741. The number of rotatable bonds is 12. The van der Waals surface area contributed by atoms with Gasteiger partial charge in [0.25, 0.3) is 0 Å². The van der Waals surface area contributed by atoms with E-state index in [1.54, 1.807) is 28.9 Å². The Bertz CT molecular complexity index is 860. The van der Waals surface area contributed by atoms with Crippen LogP contribution in [-0.4, -0.2) is 93.1 Å². The third kappa shape index (κ3) is 4.12. The molecule has 0 aromatic rings. The molecular formula is C27H43N3O5. The van der Waals surface area contributed by atoms with Crippen molar-refractivity contribution in [1.29, 1.82) is 0 Å². The molecule has 3 aliphatic heterocycles. The second-order valence-corrected chi connectivity index (χ2v) is 10.6. The van der Waals surface area contributed by atoms with Crippen molar-refractivity contribution < 1.29 is 24.2 Å². The van der Waals surface area contributed by atoms with Crippen LogP contribution >= 0.6 is 0 Å². The molecule has 196 valence electrons. The molecule has 1 spiro atoms. The highest BCUT2D eigenvalue weighted by Gasteiger charge is 2.79. The van der Waals surface area contributed by atoms with Crippen LogP contribution in [0.3, 0.4) is 0 Å². The van der Waals surface area contributed by atoms with Gasteiger partial charge in [-0.15, -0.1) is 13.2 Å². The van der Waals surface area contributed by atoms with Gasteiger partial charge < -0.3 is 24.5 Å². The molecule has 0 aromatic carbocycles. The highest BCUT2D eigenvalue weighted by molar-refractivity contribution is 5.99. The summed E-state index contributed by atoms with van der Waals surface area (Å²) >= 11 is 0. The molecule has 35 heavy (non-hydrogen) atoms. The van der Waals surface area contributed by atoms with Gasteiger partial charge in [-0.25, -0.2) is 0 Å². The van der Waals surface area contributed by atoms with E-state index in [1.807, 2.05) is 27.7 Å². The number of hydrogen-bond acceptors (Lipinski definition) is 5. The van der Waals surface area contributed by atoms with Crippen LogP contribution in [0.4, 0.5) is 0 Å². The summed E-state index contributed by atoms with van der Waals surface area (Å²) in [5.41, 5.74) is -1.87. The van der Waals surface area contributed by atoms with E-state index in [-0.39, 0.29) is 30.4 Å². The minimum atomic E-state index is -1.09. The maximum Gasteiger partial charge on any atom is 0.248 e. The van der Waals surface area contributed by atoms with E-state index in [4.69, 9.17) is 4.74 Å². The van der Waals surface area contributed by atoms with Gasteiger partial charge in [0.2, 0.25) is 17.7 Å². The third-order valence-corrected chi connectivity index (χ3v) is 8.24. The predicted octanol–water partition coefficient (Wildman–Crippen LogP) is 2.37. The molecule has 0 aromatic heterocycles. The van der Waals surface area contributed by atoms with E-state index in [2.05, 4.69) is 13.2 Å². The Balaban J connectivity index is 2.15. The van der Waals surface area contributed by atoms with Crippen molar-refractivity contribution in [2.24, 2.45) is 11.8 Å². The molecule has 3 saturated heterocycles. The standard InChI is InChI=1S/C27H43N3O5/c1-8-14-28(15-9-2)23(32)20-21-24(33)30(19(7)17-31)22(25(34)29(16-10-3)18(5)6)27(21)13-12-26(20,11-4)35-27/h8,10,18-22,31H,1,3,9,11-17H2,2,4-7H3/t19-,20+,21+,22?,26-,27?/m1/s1. The van der Waals surface area contributed by atoms with Crippen LogP contribution in [0.1, 0.15) is 60.3 Å². The van der Waals surface area contributed by atoms with Gasteiger partial charge in [-0.05, 0) is 46.5 Å². The van der Waals surface area contributed by atoms with Crippen molar-refractivity contribution in [2.75, 3.05) is 26.2 Å². The van der Waals surface area contributed by atoms with Crippen molar-refractivity contribution in [2.45, 2.75) is 89.6 Å². The monoisotopic (exact) mass is 489 g/mol. The summed E-state index contributed by atoms with van der Waals surface area (Å²) in [7, 11) is 0. The van der Waals surface area contributed by atoms with E-state index in [0.717, 1.165) is 6.42 Å². The van der Waals surface area contributed by atoms with Crippen molar-refractivity contribution in [1.82, 2.24) is 14.7 Å². The summed E-state index contributed by atoms with van der Waals surface area (Å²) in [6, 6.07) is -1.58. The van der Waals surface area contributed by atoms with Gasteiger partial charge in [-0.2, -0.15) is 0 Å². The number of aliphatic hydroxyl groups excluding tert-OH is 1. The normalized spacial score (nSPS) is 32.0. The first kappa shape index (κ1) is 27.4. The number of amides is 3. The summed E-state index contributed by atoms with van der Waals surface area (Å²) in [5, 5.41) is 10.0. The Kier molecular flexibility index (Phi) is 8.16. The Hall–Kier alpha value is -2.19. The van der Waals surface area contributed by atoms with E-state index < -0.39 is 35.1 Å². The van der Waals surface area contributed by atoms with Gasteiger partial charge in [0.1, 0.15) is 11.6 Å². The SMILES string of the molecule is C=CCN(CCC)C(=O)[C@@H]1[C@H]2C(=O)N([C@H](C)CO)C(C(=O)N(CC=C)C(C)C)C23CC[C@@]1(CC)O3. The largest absolute Gasteiger partial charge is 0.394 e. The van der Waals surface area contributed by atoms with E-state index in [1.165, 1.54) is 4.90 Å². The quantitative estimate of drug-likeness (QED) is 0.425. The smallest absolute Gasteiger partial charge is 0.248 e. The van der Waals surface area contributed by atoms with Crippen LogP contribution in [0.25, 0.3) is 0 Å². The van der Waals surface area contributed by atoms with Crippen LogP contribution in [0, 0.1) is 11.8 Å². The zero-order chi connectivity index (χ0) is 26.1. The van der Waals surface area contributed by atoms with Gasteiger partial charge in [0.15, 0.2) is 0 Å². The number of nitrogens with zero attached hydrogens (tertiary/aromatic N) is 3. The second-order valence-electron chi connectivity index (χ2n) is 10.6. The molecule has 0 saturated carbocycles. The van der Waals surface area contributed by atoms with E-state index >= 15 is 0 Å². The number of carbonyl (C=O) groups is 3. The number of likely N-dealkylation sites (tertiary alicyclic amines) is 1. The molecular weight excluding hydrogens is 446 g/mol. The molecule has 6 atom stereocenters. The van der Waals surface area contributed by atoms with Crippen LogP contribution in [0.2, 0.25) is 0 Å². The number of carbonyl (C=O) groups excluding carboxylic acids is 3. The first-order chi connectivity index (χ1) is 16.6. The molecule has 3 amide bonds. The minimum Gasteiger partial charge on any atom is -0.394 e. The zero-order valence-electron chi connectivity index (χ0n) is 22.0. The van der Waals surface area contributed by atoms with Crippen molar-refractivity contribution in [3.8, 4) is 0 Å². The number of fused-ring (bicyclic) bond motifs is 1. The fourth-order valence-corrected chi connectivity index (χ4v) is 6.64. The third-order valence-electron chi connectivity index (χ3n) is 8.24. The highest BCUT2D eigenvalue weighted by Crippen LogP contribution is 2.65. The van der Waals surface area contributed by atoms with Crippen molar-refractivity contribution >= 4 is 17.7 Å². The summed E-state index contributed by atoms with van der Waals surface area (Å²) in [6.07, 6.45) is 5.90.